The molecule has 1 heterocycles. The Balaban J connectivity index is 2.71. The standard InChI is InChI=1S/C10H14O3S/c1-6(2)14-7(3)8-4-5-9(13-8)10(11)12/h4-7H,1-3H3,(H,11,12). The number of carbonyl (C=O) groups is 1. The molecular weight excluding hydrogens is 200 g/mol. The first-order valence-corrected chi connectivity index (χ1v) is 5.43. The lowest BCUT2D eigenvalue weighted by molar-refractivity contribution is 0.0660. The Morgan fingerprint density at radius 3 is 2.50 bits per heavy atom. The molecule has 0 saturated carbocycles. The minimum Gasteiger partial charge on any atom is -0.475 e. The third kappa shape index (κ3) is 2.80. The fourth-order valence-corrected chi connectivity index (χ4v) is 2.24. The van der Waals surface area contributed by atoms with Crippen molar-refractivity contribution in [3.05, 3.63) is 23.7 Å². The van der Waals surface area contributed by atoms with Crippen LogP contribution >= 0.6 is 11.8 Å². The molecule has 14 heavy (non-hydrogen) atoms. The van der Waals surface area contributed by atoms with Crippen molar-refractivity contribution in [1.82, 2.24) is 0 Å². The Morgan fingerprint density at radius 1 is 1.43 bits per heavy atom. The van der Waals surface area contributed by atoms with E-state index in [1.54, 1.807) is 17.8 Å². The predicted molar refractivity (Wildman–Crippen MR) is 56.8 cm³/mol. The second-order valence-electron chi connectivity index (χ2n) is 3.33. The van der Waals surface area contributed by atoms with E-state index in [0.29, 0.717) is 5.25 Å². The zero-order valence-electron chi connectivity index (χ0n) is 8.48. The van der Waals surface area contributed by atoms with Crippen molar-refractivity contribution in [2.45, 2.75) is 31.3 Å². The van der Waals surface area contributed by atoms with Gasteiger partial charge in [-0.15, -0.1) is 11.8 Å². The predicted octanol–water partition coefficient (Wildman–Crippen LogP) is 3.18. The molecule has 0 aliphatic carbocycles. The van der Waals surface area contributed by atoms with Crippen LogP contribution in [0.15, 0.2) is 16.5 Å². The summed E-state index contributed by atoms with van der Waals surface area (Å²) < 4.78 is 5.19. The maximum Gasteiger partial charge on any atom is 0.371 e. The van der Waals surface area contributed by atoms with Gasteiger partial charge in [0.1, 0.15) is 5.76 Å². The van der Waals surface area contributed by atoms with Crippen LogP contribution in [-0.2, 0) is 0 Å². The minimum atomic E-state index is -1.02. The average molecular weight is 214 g/mol. The van der Waals surface area contributed by atoms with Gasteiger partial charge in [0, 0.05) is 0 Å². The van der Waals surface area contributed by atoms with E-state index < -0.39 is 5.97 Å². The summed E-state index contributed by atoms with van der Waals surface area (Å²) in [6.07, 6.45) is 0. The second kappa shape index (κ2) is 4.55. The molecule has 78 valence electrons. The first-order chi connectivity index (χ1) is 6.50. The number of rotatable bonds is 4. The highest BCUT2D eigenvalue weighted by molar-refractivity contribution is 8.00. The first-order valence-electron chi connectivity index (χ1n) is 4.49. The van der Waals surface area contributed by atoms with Gasteiger partial charge < -0.3 is 9.52 Å². The normalized spacial score (nSPS) is 13.1. The molecule has 1 N–H and O–H groups in total. The molecule has 1 atom stereocenters. The number of hydrogen-bond acceptors (Lipinski definition) is 3. The van der Waals surface area contributed by atoms with Crippen LogP contribution in [0.25, 0.3) is 0 Å². The van der Waals surface area contributed by atoms with Crippen LogP contribution in [-0.4, -0.2) is 16.3 Å². The summed E-state index contributed by atoms with van der Waals surface area (Å²) in [6, 6.07) is 3.22. The van der Waals surface area contributed by atoms with Crippen molar-refractivity contribution in [2.75, 3.05) is 0 Å². The van der Waals surface area contributed by atoms with Gasteiger partial charge in [0.25, 0.3) is 0 Å². The van der Waals surface area contributed by atoms with Gasteiger partial charge in [-0.25, -0.2) is 4.79 Å². The van der Waals surface area contributed by atoms with Gasteiger partial charge in [-0.2, -0.15) is 0 Å². The number of carboxylic acids is 1. The molecule has 0 aliphatic rings. The van der Waals surface area contributed by atoms with Gasteiger partial charge in [-0.1, -0.05) is 13.8 Å². The lowest BCUT2D eigenvalue weighted by Gasteiger charge is -2.10. The number of carboxylic acid groups (broad SMARTS) is 1. The van der Waals surface area contributed by atoms with E-state index in [1.165, 1.54) is 6.07 Å². The maximum atomic E-state index is 10.6. The topological polar surface area (TPSA) is 50.4 Å². The summed E-state index contributed by atoms with van der Waals surface area (Å²) in [4.78, 5) is 10.6. The molecule has 0 bridgehead atoms. The molecule has 0 amide bonds. The Labute approximate surface area is 87.5 Å². The summed E-state index contributed by atoms with van der Waals surface area (Å²) in [6.45, 7) is 6.21. The first kappa shape index (κ1) is 11.2. The van der Waals surface area contributed by atoms with E-state index in [2.05, 4.69) is 13.8 Å². The summed E-state index contributed by atoms with van der Waals surface area (Å²) in [5.74, 6) is -0.282. The van der Waals surface area contributed by atoms with E-state index in [0.717, 1.165) is 5.76 Å². The molecule has 0 spiro atoms. The fraction of sp³-hybridized carbons (Fsp3) is 0.500. The van der Waals surface area contributed by atoms with Gasteiger partial charge in [-0.3, -0.25) is 0 Å². The zero-order valence-corrected chi connectivity index (χ0v) is 9.30. The van der Waals surface area contributed by atoms with Gasteiger partial charge in [0.2, 0.25) is 5.76 Å². The summed E-state index contributed by atoms with van der Waals surface area (Å²) >= 11 is 1.75. The highest BCUT2D eigenvalue weighted by Gasteiger charge is 2.15. The van der Waals surface area contributed by atoms with E-state index in [9.17, 15) is 4.79 Å². The molecule has 1 unspecified atom stereocenters. The van der Waals surface area contributed by atoms with E-state index in [1.807, 2.05) is 6.92 Å². The van der Waals surface area contributed by atoms with Crippen molar-refractivity contribution in [1.29, 1.82) is 0 Å². The largest absolute Gasteiger partial charge is 0.475 e. The van der Waals surface area contributed by atoms with Crippen molar-refractivity contribution >= 4 is 17.7 Å². The van der Waals surface area contributed by atoms with Gasteiger partial charge >= 0.3 is 5.97 Å². The Bertz CT molecular complexity index is 317. The molecule has 1 aromatic rings. The maximum absolute atomic E-state index is 10.6. The molecule has 1 aromatic heterocycles. The Morgan fingerprint density at radius 2 is 2.07 bits per heavy atom. The Kier molecular flexibility index (Phi) is 3.63. The molecule has 0 radical (unpaired) electrons. The monoisotopic (exact) mass is 214 g/mol. The molecule has 0 aliphatic heterocycles. The highest BCUT2D eigenvalue weighted by atomic mass is 32.2. The molecule has 4 heteroatoms. The molecule has 0 aromatic carbocycles. The van der Waals surface area contributed by atoms with Crippen LogP contribution in [0.5, 0.6) is 0 Å². The van der Waals surface area contributed by atoms with Crippen LogP contribution < -0.4 is 0 Å². The lowest BCUT2D eigenvalue weighted by Crippen LogP contribution is -1.94. The van der Waals surface area contributed by atoms with E-state index in [-0.39, 0.29) is 11.0 Å². The average Bonchev–Trinajstić information content (AvgIpc) is 2.50. The van der Waals surface area contributed by atoms with Crippen LogP contribution in [0.3, 0.4) is 0 Å². The molecule has 0 saturated heterocycles. The van der Waals surface area contributed by atoms with Crippen LogP contribution in [0.4, 0.5) is 0 Å². The van der Waals surface area contributed by atoms with Gasteiger partial charge in [-0.05, 0) is 24.3 Å². The fourth-order valence-electron chi connectivity index (χ4n) is 1.16. The van der Waals surface area contributed by atoms with Crippen molar-refractivity contribution < 1.29 is 14.3 Å². The second-order valence-corrected chi connectivity index (χ2v) is 5.26. The van der Waals surface area contributed by atoms with Crippen LogP contribution in [0, 0.1) is 0 Å². The van der Waals surface area contributed by atoms with Crippen molar-refractivity contribution in [2.24, 2.45) is 0 Å². The van der Waals surface area contributed by atoms with Crippen molar-refractivity contribution in [3.63, 3.8) is 0 Å². The quantitative estimate of drug-likeness (QED) is 0.836. The van der Waals surface area contributed by atoms with Gasteiger partial charge in [0.15, 0.2) is 0 Å². The van der Waals surface area contributed by atoms with Gasteiger partial charge in [0.05, 0.1) is 5.25 Å². The molecular formula is C10H14O3S. The lowest BCUT2D eigenvalue weighted by atomic mass is 10.3. The number of aromatic carboxylic acids is 1. The molecule has 3 nitrogen and oxygen atoms in total. The highest BCUT2D eigenvalue weighted by Crippen LogP contribution is 2.32. The van der Waals surface area contributed by atoms with E-state index >= 15 is 0 Å². The summed E-state index contributed by atoms with van der Waals surface area (Å²) in [7, 11) is 0. The van der Waals surface area contributed by atoms with Crippen molar-refractivity contribution in [3.8, 4) is 0 Å². The SMILES string of the molecule is CC(C)SC(C)c1ccc(C(=O)O)o1. The summed E-state index contributed by atoms with van der Waals surface area (Å²) in [5.41, 5.74) is 0. The number of furan rings is 1. The van der Waals surface area contributed by atoms with Crippen LogP contribution in [0.2, 0.25) is 0 Å². The Hall–Kier alpha value is -0.900. The number of thioether (sulfide) groups is 1. The third-order valence-electron chi connectivity index (χ3n) is 1.71. The van der Waals surface area contributed by atoms with Crippen LogP contribution in [0.1, 0.15) is 42.3 Å². The van der Waals surface area contributed by atoms with E-state index in [4.69, 9.17) is 9.52 Å². The number of hydrogen-bond donors (Lipinski definition) is 1. The molecule has 0 fully saturated rings. The molecule has 1 rings (SSSR count). The smallest absolute Gasteiger partial charge is 0.371 e. The zero-order chi connectivity index (χ0) is 10.7. The third-order valence-corrected chi connectivity index (χ3v) is 2.90. The summed E-state index contributed by atoms with van der Waals surface area (Å²) in [5, 5.41) is 9.36. The minimum absolute atomic E-state index is 0.0104.